The van der Waals surface area contributed by atoms with Gasteiger partial charge in [-0.05, 0) is 18.1 Å². The Hall–Kier alpha value is -3.48. The number of aromatic nitrogens is 5. The largest absolute Gasteiger partial charge is 0.260 e. The van der Waals surface area contributed by atoms with Gasteiger partial charge in [0, 0.05) is 35.5 Å². The van der Waals surface area contributed by atoms with E-state index in [2.05, 4.69) is 44.3 Å². The second-order valence-corrected chi connectivity index (χ2v) is 7.15. The van der Waals surface area contributed by atoms with E-state index in [1.54, 1.807) is 12.5 Å². The summed E-state index contributed by atoms with van der Waals surface area (Å²) in [5.41, 5.74) is 2.39. The van der Waals surface area contributed by atoms with Gasteiger partial charge in [-0.1, -0.05) is 37.3 Å². The minimum atomic E-state index is -0.340. The Morgan fingerprint density at radius 1 is 1.14 bits per heavy atom. The van der Waals surface area contributed by atoms with Crippen molar-refractivity contribution in [2.75, 3.05) is 0 Å². The van der Waals surface area contributed by atoms with Crippen molar-refractivity contribution in [3.63, 3.8) is 0 Å². The van der Waals surface area contributed by atoms with Crippen molar-refractivity contribution >= 4 is 22.7 Å². The number of hydrogen-bond donors (Lipinski definition) is 0. The topological polar surface area (TPSA) is 68.8 Å². The fourth-order valence-electron chi connectivity index (χ4n) is 4.07. The Kier molecular flexibility index (Phi) is 4.35. The molecule has 1 aliphatic heterocycles. The molecule has 2 unspecified atom stereocenters. The zero-order valence-electron chi connectivity index (χ0n) is 15.9. The van der Waals surface area contributed by atoms with E-state index in [-0.39, 0.29) is 17.7 Å². The highest BCUT2D eigenvalue weighted by Crippen LogP contribution is 2.43. The SMILES string of the molecule is CCCn1ncnc1C1c2nncc3cc(F)cc(c23)N=CC1c1ccccc1. The molecule has 29 heavy (non-hydrogen) atoms. The summed E-state index contributed by atoms with van der Waals surface area (Å²) >= 11 is 0. The minimum absolute atomic E-state index is 0.133. The van der Waals surface area contributed by atoms with Crippen molar-refractivity contribution in [1.29, 1.82) is 0 Å². The quantitative estimate of drug-likeness (QED) is 0.521. The van der Waals surface area contributed by atoms with Gasteiger partial charge >= 0.3 is 0 Å². The number of rotatable bonds is 4. The molecule has 0 bridgehead atoms. The molecule has 0 aliphatic carbocycles. The monoisotopic (exact) mass is 386 g/mol. The molecule has 0 saturated carbocycles. The lowest BCUT2D eigenvalue weighted by Crippen LogP contribution is -2.20. The second-order valence-electron chi connectivity index (χ2n) is 7.15. The molecule has 0 N–H and O–H groups in total. The number of hydrogen-bond acceptors (Lipinski definition) is 5. The normalized spacial score (nSPS) is 18.1. The summed E-state index contributed by atoms with van der Waals surface area (Å²) in [6, 6.07) is 13.0. The van der Waals surface area contributed by atoms with Crippen LogP contribution in [0.25, 0.3) is 10.8 Å². The van der Waals surface area contributed by atoms with Crippen LogP contribution >= 0.6 is 0 Å². The van der Waals surface area contributed by atoms with E-state index in [9.17, 15) is 4.39 Å². The molecule has 0 saturated heterocycles. The van der Waals surface area contributed by atoms with Crippen LogP contribution in [-0.4, -0.2) is 31.2 Å². The van der Waals surface area contributed by atoms with Crippen molar-refractivity contribution in [3.05, 3.63) is 77.9 Å². The molecule has 2 aromatic carbocycles. The molecule has 0 radical (unpaired) electrons. The highest BCUT2D eigenvalue weighted by molar-refractivity contribution is 5.97. The maximum absolute atomic E-state index is 14.2. The van der Waals surface area contributed by atoms with Crippen LogP contribution in [-0.2, 0) is 6.54 Å². The predicted octanol–water partition coefficient (Wildman–Crippen LogP) is 4.40. The number of nitrogens with zero attached hydrogens (tertiary/aromatic N) is 6. The zero-order chi connectivity index (χ0) is 19.8. The van der Waals surface area contributed by atoms with Gasteiger partial charge in [-0.3, -0.25) is 4.99 Å². The average Bonchev–Trinajstić information content (AvgIpc) is 3.12. The lowest BCUT2D eigenvalue weighted by atomic mass is 9.83. The van der Waals surface area contributed by atoms with Crippen LogP contribution in [0.15, 0.2) is 60.0 Å². The van der Waals surface area contributed by atoms with Crippen LogP contribution in [0.2, 0.25) is 0 Å². The van der Waals surface area contributed by atoms with Crippen LogP contribution < -0.4 is 0 Å². The number of aliphatic imine (C=N–C) groups is 1. The molecule has 5 rings (SSSR count). The van der Waals surface area contributed by atoms with Crippen LogP contribution in [0.5, 0.6) is 0 Å². The summed E-state index contributed by atoms with van der Waals surface area (Å²) in [5.74, 6) is 0.100. The number of halogens is 1. The fourth-order valence-corrected chi connectivity index (χ4v) is 4.07. The van der Waals surface area contributed by atoms with Crippen LogP contribution in [0, 0.1) is 5.82 Å². The third-order valence-electron chi connectivity index (χ3n) is 5.30. The van der Waals surface area contributed by atoms with Gasteiger partial charge in [-0.25, -0.2) is 14.1 Å². The van der Waals surface area contributed by atoms with E-state index in [1.807, 2.05) is 29.1 Å². The first kappa shape index (κ1) is 17.6. The van der Waals surface area contributed by atoms with E-state index in [0.717, 1.165) is 35.4 Å². The van der Waals surface area contributed by atoms with Crippen molar-refractivity contribution in [3.8, 4) is 0 Å². The number of aryl methyl sites for hydroxylation is 1. The maximum Gasteiger partial charge on any atom is 0.138 e. The second kappa shape index (κ2) is 7.16. The first-order valence-electron chi connectivity index (χ1n) is 9.68. The highest BCUT2D eigenvalue weighted by atomic mass is 19.1. The lowest BCUT2D eigenvalue weighted by molar-refractivity contribution is 0.536. The van der Waals surface area contributed by atoms with Gasteiger partial charge < -0.3 is 0 Å². The molecular formula is C22H19FN6. The van der Waals surface area contributed by atoms with Gasteiger partial charge in [0.1, 0.15) is 18.0 Å². The Bertz CT molecular complexity index is 1200. The Balaban J connectivity index is 1.81. The summed E-state index contributed by atoms with van der Waals surface area (Å²) in [6.07, 6.45) is 5.97. The van der Waals surface area contributed by atoms with Gasteiger partial charge in [0.15, 0.2) is 0 Å². The molecule has 1 aliphatic rings. The molecule has 7 heteroatoms. The number of benzene rings is 2. The van der Waals surface area contributed by atoms with Gasteiger partial charge in [-0.2, -0.15) is 15.3 Å². The van der Waals surface area contributed by atoms with E-state index >= 15 is 0 Å². The van der Waals surface area contributed by atoms with Crippen molar-refractivity contribution in [2.24, 2.45) is 4.99 Å². The average molecular weight is 386 g/mol. The Morgan fingerprint density at radius 2 is 2.00 bits per heavy atom. The maximum atomic E-state index is 14.2. The van der Waals surface area contributed by atoms with E-state index in [1.165, 1.54) is 12.1 Å². The molecule has 0 amide bonds. The third-order valence-corrected chi connectivity index (χ3v) is 5.30. The molecular weight excluding hydrogens is 367 g/mol. The molecule has 2 atom stereocenters. The molecule has 0 spiro atoms. The fraction of sp³-hybridized carbons (Fsp3) is 0.227. The molecule has 4 aromatic rings. The highest BCUT2D eigenvalue weighted by Gasteiger charge is 2.34. The molecule has 6 nitrogen and oxygen atoms in total. The molecule has 144 valence electrons. The van der Waals surface area contributed by atoms with Gasteiger partial charge in [-0.15, -0.1) is 0 Å². The molecule has 0 fully saturated rings. The third kappa shape index (κ3) is 2.99. The Morgan fingerprint density at radius 3 is 2.83 bits per heavy atom. The molecule has 2 aromatic heterocycles. The lowest BCUT2D eigenvalue weighted by Gasteiger charge is -2.23. The van der Waals surface area contributed by atoms with Crippen molar-refractivity contribution in [1.82, 2.24) is 25.0 Å². The smallest absolute Gasteiger partial charge is 0.138 e. The van der Waals surface area contributed by atoms with E-state index in [0.29, 0.717) is 11.1 Å². The summed E-state index contributed by atoms with van der Waals surface area (Å²) < 4.78 is 16.1. The van der Waals surface area contributed by atoms with Gasteiger partial charge in [0.05, 0.1) is 23.5 Å². The van der Waals surface area contributed by atoms with Crippen LogP contribution in [0.3, 0.4) is 0 Å². The summed E-state index contributed by atoms with van der Waals surface area (Å²) in [4.78, 5) is 9.27. The van der Waals surface area contributed by atoms with Gasteiger partial charge in [0.25, 0.3) is 0 Å². The van der Waals surface area contributed by atoms with Gasteiger partial charge in [0.2, 0.25) is 0 Å². The predicted molar refractivity (Wildman–Crippen MR) is 109 cm³/mol. The summed E-state index contributed by atoms with van der Waals surface area (Å²) in [7, 11) is 0. The van der Waals surface area contributed by atoms with Crippen LogP contribution in [0.4, 0.5) is 10.1 Å². The van der Waals surface area contributed by atoms with Crippen molar-refractivity contribution < 1.29 is 4.39 Å². The van der Waals surface area contributed by atoms with E-state index < -0.39 is 0 Å². The first-order chi connectivity index (χ1) is 14.3. The van der Waals surface area contributed by atoms with E-state index in [4.69, 9.17) is 0 Å². The summed E-state index contributed by atoms with van der Waals surface area (Å²) in [6.45, 7) is 2.86. The minimum Gasteiger partial charge on any atom is -0.260 e. The molecule has 3 heterocycles. The zero-order valence-corrected chi connectivity index (χ0v) is 15.9. The van der Waals surface area contributed by atoms with Crippen LogP contribution in [0.1, 0.15) is 42.3 Å². The van der Waals surface area contributed by atoms with Crippen molar-refractivity contribution in [2.45, 2.75) is 31.7 Å². The Labute approximate surface area is 167 Å². The first-order valence-corrected chi connectivity index (χ1v) is 9.68. The summed E-state index contributed by atoms with van der Waals surface area (Å²) in [5, 5.41) is 14.6. The standard InChI is InChI=1S/C22H19FN6/c1-2-8-29-22(25-13-27-29)20-17(14-6-4-3-5-7-14)12-24-18-10-16(23)9-15-11-26-28-21(20)19(15)18/h3-7,9-13,17,20H,2,8H2,1H3.